The number of benzene rings is 1. The molecule has 3 nitrogen and oxygen atoms in total. The highest BCUT2D eigenvalue weighted by molar-refractivity contribution is 7.92. The number of sulfonamides is 1. The van der Waals surface area contributed by atoms with Crippen LogP contribution >= 0.6 is 12.6 Å². The Morgan fingerprint density at radius 1 is 1.00 bits per heavy atom. The topological polar surface area (TPSA) is 46.2 Å². The Kier molecular flexibility index (Phi) is 7.31. The van der Waals surface area contributed by atoms with Gasteiger partial charge in [0, 0.05) is 10.6 Å². The van der Waals surface area contributed by atoms with Crippen molar-refractivity contribution in [3.63, 3.8) is 0 Å². The number of unbranched alkanes of at least 4 members (excludes halogenated alkanes) is 5. The van der Waals surface area contributed by atoms with Crippen LogP contribution in [-0.2, 0) is 10.0 Å². The van der Waals surface area contributed by atoms with Crippen molar-refractivity contribution in [2.24, 2.45) is 0 Å². The van der Waals surface area contributed by atoms with Crippen LogP contribution in [0.5, 0.6) is 0 Å². The molecule has 0 spiro atoms. The summed E-state index contributed by atoms with van der Waals surface area (Å²) in [5, 5.41) is 0. The van der Waals surface area contributed by atoms with Crippen LogP contribution in [-0.4, -0.2) is 14.2 Å². The van der Waals surface area contributed by atoms with Crippen LogP contribution in [0.3, 0.4) is 0 Å². The molecule has 19 heavy (non-hydrogen) atoms. The van der Waals surface area contributed by atoms with Gasteiger partial charge in [-0.05, 0) is 30.7 Å². The minimum atomic E-state index is -3.22. The van der Waals surface area contributed by atoms with Crippen molar-refractivity contribution in [1.82, 2.24) is 0 Å². The minimum Gasteiger partial charge on any atom is -0.284 e. The largest absolute Gasteiger partial charge is 0.284 e. The second-order valence-corrected chi connectivity index (χ2v) is 7.09. The zero-order valence-electron chi connectivity index (χ0n) is 11.4. The van der Waals surface area contributed by atoms with Crippen molar-refractivity contribution in [2.75, 3.05) is 10.5 Å². The number of hydrogen-bond donors (Lipinski definition) is 2. The van der Waals surface area contributed by atoms with Gasteiger partial charge in [0.05, 0.1) is 5.75 Å². The molecule has 0 atom stereocenters. The van der Waals surface area contributed by atoms with E-state index in [1.54, 1.807) is 24.3 Å². The van der Waals surface area contributed by atoms with Crippen molar-refractivity contribution in [2.45, 2.75) is 50.3 Å². The number of thiol groups is 1. The lowest BCUT2D eigenvalue weighted by atomic mass is 10.1. The van der Waals surface area contributed by atoms with Gasteiger partial charge in [0.1, 0.15) is 0 Å². The fourth-order valence-electron chi connectivity index (χ4n) is 1.83. The Bertz CT molecular complexity index is 455. The Balaban J connectivity index is 2.30. The monoisotopic (exact) mass is 301 g/mol. The molecular weight excluding hydrogens is 278 g/mol. The summed E-state index contributed by atoms with van der Waals surface area (Å²) in [5.74, 6) is 0.196. The van der Waals surface area contributed by atoms with Crippen LogP contribution in [0, 0.1) is 0 Å². The van der Waals surface area contributed by atoms with Gasteiger partial charge >= 0.3 is 0 Å². The maximum absolute atomic E-state index is 11.8. The molecular formula is C14H23NO2S2. The van der Waals surface area contributed by atoms with E-state index in [4.69, 9.17) is 0 Å². The zero-order valence-corrected chi connectivity index (χ0v) is 13.1. The normalized spacial score (nSPS) is 11.5. The van der Waals surface area contributed by atoms with Crippen LogP contribution in [0.15, 0.2) is 29.2 Å². The van der Waals surface area contributed by atoms with Crippen molar-refractivity contribution < 1.29 is 8.42 Å². The fraction of sp³-hybridized carbons (Fsp3) is 0.571. The predicted molar refractivity (Wildman–Crippen MR) is 84.5 cm³/mol. The van der Waals surface area contributed by atoms with E-state index in [1.807, 2.05) is 0 Å². The van der Waals surface area contributed by atoms with Crippen LogP contribution < -0.4 is 4.72 Å². The van der Waals surface area contributed by atoms with E-state index in [0.29, 0.717) is 5.69 Å². The molecule has 0 fully saturated rings. The van der Waals surface area contributed by atoms with E-state index >= 15 is 0 Å². The molecule has 0 bridgehead atoms. The zero-order chi connectivity index (χ0) is 14.1. The van der Waals surface area contributed by atoms with Crippen LogP contribution in [0.25, 0.3) is 0 Å². The van der Waals surface area contributed by atoms with E-state index in [0.717, 1.165) is 24.2 Å². The third-order valence-electron chi connectivity index (χ3n) is 2.91. The Morgan fingerprint density at radius 2 is 1.58 bits per heavy atom. The van der Waals surface area contributed by atoms with Gasteiger partial charge in [-0.1, -0.05) is 39.0 Å². The van der Waals surface area contributed by atoms with Gasteiger partial charge in [0.2, 0.25) is 10.0 Å². The lowest BCUT2D eigenvalue weighted by molar-refractivity contribution is 0.588. The molecule has 0 aromatic heterocycles. The third kappa shape index (κ3) is 7.47. The summed E-state index contributed by atoms with van der Waals surface area (Å²) in [6, 6.07) is 6.99. The summed E-state index contributed by atoms with van der Waals surface area (Å²) in [7, 11) is -3.22. The van der Waals surface area contributed by atoms with Gasteiger partial charge in [-0.15, -0.1) is 12.6 Å². The molecule has 0 saturated carbocycles. The van der Waals surface area contributed by atoms with Crippen molar-refractivity contribution in [3.05, 3.63) is 24.3 Å². The van der Waals surface area contributed by atoms with Gasteiger partial charge in [-0.3, -0.25) is 4.72 Å². The summed E-state index contributed by atoms with van der Waals surface area (Å²) in [4.78, 5) is 0.818. The van der Waals surface area contributed by atoms with E-state index in [2.05, 4.69) is 24.3 Å². The van der Waals surface area contributed by atoms with Gasteiger partial charge in [-0.25, -0.2) is 8.42 Å². The summed E-state index contributed by atoms with van der Waals surface area (Å²) in [5.41, 5.74) is 0.601. The van der Waals surface area contributed by atoms with Crippen molar-refractivity contribution in [1.29, 1.82) is 0 Å². The summed E-state index contributed by atoms with van der Waals surface area (Å²) >= 11 is 4.16. The van der Waals surface area contributed by atoms with E-state index in [9.17, 15) is 8.42 Å². The Labute approximate surface area is 122 Å². The maximum Gasteiger partial charge on any atom is 0.232 e. The molecule has 0 aliphatic carbocycles. The quantitative estimate of drug-likeness (QED) is 0.533. The molecule has 108 valence electrons. The van der Waals surface area contributed by atoms with Gasteiger partial charge in [0.25, 0.3) is 0 Å². The lowest BCUT2D eigenvalue weighted by Crippen LogP contribution is -2.16. The first-order valence-electron chi connectivity index (χ1n) is 6.83. The highest BCUT2D eigenvalue weighted by atomic mass is 32.2. The molecule has 5 heteroatoms. The van der Waals surface area contributed by atoms with Crippen LogP contribution in [0.1, 0.15) is 45.4 Å². The average Bonchev–Trinajstić information content (AvgIpc) is 2.36. The molecule has 0 unspecified atom stereocenters. The molecule has 0 heterocycles. The standard InChI is InChI=1S/C14H23NO2S2/c1-2-3-4-5-6-7-12-19(16,17)15-13-8-10-14(18)11-9-13/h8-11,15,18H,2-7,12H2,1H3. The highest BCUT2D eigenvalue weighted by Gasteiger charge is 2.09. The summed E-state index contributed by atoms with van der Waals surface area (Å²) < 4.78 is 26.3. The smallest absolute Gasteiger partial charge is 0.232 e. The first-order valence-corrected chi connectivity index (χ1v) is 8.93. The maximum atomic E-state index is 11.8. The van der Waals surface area contributed by atoms with Gasteiger partial charge in [-0.2, -0.15) is 0 Å². The Hall–Kier alpha value is -0.680. The molecule has 0 aliphatic rings. The average molecular weight is 301 g/mol. The minimum absolute atomic E-state index is 0.196. The van der Waals surface area contributed by atoms with E-state index < -0.39 is 10.0 Å². The van der Waals surface area contributed by atoms with E-state index in [-0.39, 0.29) is 5.75 Å². The molecule has 1 aromatic carbocycles. The first kappa shape index (κ1) is 16.4. The highest BCUT2D eigenvalue weighted by Crippen LogP contribution is 2.14. The first-order chi connectivity index (χ1) is 9.03. The SMILES string of the molecule is CCCCCCCCS(=O)(=O)Nc1ccc(S)cc1. The van der Waals surface area contributed by atoms with Crippen LogP contribution in [0.4, 0.5) is 5.69 Å². The lowest BCUT2D eigenvalue weighted by Gasteiger charge is -2.08. The second-order valence-electron chi connectivity index (χ2n) is 4.74. The second kappa shape index (κ2) is 8.48. The molecule has 0 radical (unpaired) electrons. The van der Waals surface area contributed by atoms with Crippen molar-refractivity contribution in [3.8, 4) is 0 Å². The number of rotatable bonds is 9. The van der Waals surface area contributed by atoms with E-state index in [1.165, 1.54) is 19.3 Å². The summed E-state index contributed by atoms with van der Waals surface area (Å²) in [6.07, 6.45) is 6.48. The predicted octanol–water partition coefficient (Wildman–Crippen LogP) is 4.08. The van der Waals surface area contributed by atoms with Gasteiger partial charge in [0.15, 0.2) is 0 Å². The molecule has 1 rings (SSSR count). The van der Waals surface area contributed by atoms with Gasteiger partial charge < -0.3 is 0 Å². The molecule has 1 N–H and O–H groups in total. The van der Waals surface area contributed by atoms with Crippen LogP contribution in [0.2, 0.25) is 0 Å². The fourth-order valence-corrected chi connectivity index (χ4v) is 3.16. The summed E-state index contributed by atoms with van der Waals surface area (Å²) in [6.45, 7) is 2.17. The third-order valence-corrected chi connectivity index (χ3v) is 4.58. The number of anilines is 1. The molecule has 0 aliphatic heterocycles. The Morgan fingerprint density at radius 3 is 2.21 bits per heavy atom. The number of hydrogen-bond acceptors (Lipinski definition) is 3. The van der Waals surface area contributed by atoms with Crippen molar-refractivity contribution >= 4 is 28.3 Å². The molecule has 0 amide bonds. The number of nitrogens with one attached hydrogen (secondary N) is 1. The molecule has 0 saturated heterocycles. The molecule has 1 aromatic rings.